The average molecular weight is 418 g/mol. The fourth-order valence-corrected chi connectivity index (χ4v) is 6.43. The van der Waals surface area contributed by atoms with Crippen molar-refractivity contribution in [3.05, 3.63) is 34.9 Å². The van der Waals surface area contributed by atoms with Gasteiger partial charge in [0.05, 0.1) is 12.2 Å². The Balaban J connectivity index is 1.68. The molecule has 0 spiro atoms. The first-order valence-electron chi connectivity index (χ1n) is 10.3. The highest BCUT2D eigenvalue weighted by molar-refractivity contribution is 5.94. The Morgan fingerprint density at radius 2 is 1.83 bits per heavy atom. The zero-order valence-electron chi connectivity index (χ0n) is 17.8. The van der Waals surface area contributed by atoms with Crippen LogP contribution in [-0.2, 0) is 4.74 Å². The van der Waals surface area contributed by atoms with Gasteiger partial charge in [0.25, 0.3) is 0 Å². The van der Waals surface area contributed by atoms with Crippen molar-refractivity contribution in [3.8, 4) is 11.5 Å². The van der Waals surface area contributed by atoms with E-state index in [2.05, 4.69) is 13.8 Å². The second-order valence-corrected chi connectivity index (χ2v) is 10.4. The summed E-state index contributed by atoms with van der Waals surface area (Å²) in [6.45, 7) is 7.13. The smallest absolute Gasteiger partial charge is 0.342 e. The summed E-state index contributed by atoms with van der Waals surface area (Å²) in [5, 5.41) is 52.7. The second-order valence-electron chi connectivity index (χ2n) is 10.4. The summed E-state index contributed by atoms with van der Waals surface area (Å²) >= 11 is 0. The number of ether oxygens (including phenoxy) is 1. The summed E-state index contributed by atoms with van der Waals surface area (Å²) in [5.74, 6) is -1.62. The van der Waals surface area contributed by atoms with Crippen LogP contribution in [0.1, 0.15) is 56.0 Å². The molecule has 164 valence electrons. The van der Waals surface area contributed by atoms with Crippen LogP contribution in [0.25, 0.3) is 0 Å². The number of phenols is 2. The van der Waals surface area contributed by atoms with Gasteiger partial charge in [0.15, 0.2) is 0 Å². The lowest BCUT2D eigenvalue weighted by molar-refractivity contribution is -0.264. The Bertz CT molecular complexity index is 928. The van der Waals surface area contributed by atoms with Gasteiger partial charge in [-0.1, -0.05) is 20.8 Å². The van der Waals surface area contributed by atoms with E-state index in [0.717, 1.165) is 6.07 Å². The number of rotatable bonds is 3. The summed E-state index contributed by atoms with van der Waals surface area (Å²) in [6, 6.07) is 2.40. The van der Waals surface area contributed by atoms with Crippen LogP contribution in [0.3, 0.4) is 0 Å². The number of hydrogen-bond acceptors (Lipinski definition) is 7. The van der Waals surface area contributed by atoms with Gasteiger partial charge < -0.3 is 30.3 Å². The summed E-state index contributed by atoms with van der Waals surface area (Å²) in [4.78, 5) is 12.8. The molecule has 5 atom stereocenters. The van der Waals surface area contributed by atoms with E-state index in [1.807, 2.05) is 6.92 Å². The quantitative estimate of drug-likeness (QED) is 0.376. The Labute approximate surface area is 175 Å². The number of carbonyl (C=O) groups is 1. The molecule has 1 aromatic carbocycles. The molecule has 5 unspecified atom stereocenters. The standard InChI is InChI=1S/C23H30O7/c1-12-5-14(25)6-15(26)18(12)19(27)30-17-9-21(4)16-8-20(2,3)11-22(16,28)7-13(10-24)23(17,21)29/h5-7,16-17,24-26,28-29H,8-11H2,1-4H3. The van der Waals surface area contributed by atoms with Crippen LogP contribution >= 0.6 is 0 Å². The van der Waals surface area contributed by atoms with Gasteiger partial charge >= 0.3 is 5.97 Å². The molecule has 1 aromatic rings. The van der Waals surface area contributed by atoms with E-state index in [1.165, 1.54) is 6.07 Å². The number of aliphatic hydroxyl groups excluding tert-OH is 1. The van der Waals surface area contributed by atoms with Crippen LogP contribution < -0.4 is 0 Å². The van der Waals surface area contributed by atoms with Crippen molar-refractivity contribution in [1.29, 1.82) is 0 Å². The van der Waals surface area contributed by atoms with Gasteiger partial charge in [-0.3, -0.25) is 0 Å². The summed E-state index contributed by atoms with van der Waals surface area (Å²) in [5.41, 5.74) is -3.08. The molecule has 0 heterocycles. The molecule has 0 amide bonds. The van der Waals surface area contributed by atoms with Crippen molar-refractivity contribution in [3.63, 3.8) is 0 Å². The normalized spacial score (nSPS) is 38.8. The van der Waals surface area contributed by atoms with Gasteiger partial charge in [0.1, 0.15) is 28.8 Å². The number of hydrogen-bond donors (Lipinski definition) is 5. The van der Waals surface area contributed by atoms with Gasteiger partial charge in [-0.15, -0.1) is 0 Å². The molecule has 4 rings (SSSR count). The lowest BCUT2D eigenvalue weighted by Crippen LogP contribution is -2.75. The SMILES string of the molecule is Cc1cc(O)cc(O)c1C(=O)OC1CC2(C)C3CC(C)(C)CC3(O)C=C(CO)C12O. The van der Waals surface area contributed by atoms with E-state index in [9.17, 15) is 30.3 Å². The Morgan fingerprint density at radius 3 is 2.43 bits per heavy atom. The zero-order valence-corrected chi connectivity index (χ0v) is 17.8. The highest BCUT2D eigenvalue weighted by Gasteiger charge is 2.75. The number of phenolic OH excluding ortho intramolecular Hbond substituents is 2. The molecule has 0 radical (unpaired) electrons. The first kappa shape index (κ1) is 21.2. The summed E-state index contributed by atoms with van der Waals surface area (Å²) < 4.78 is 5.61. The molecule has 30 heavy (non-hydrogen) atoms. The van der Waals surface area contributed by atoms with Crippen molar-refractivity contribution in [2.24, 2.45) is 16.7 Å². The summed E-state index contributed by atoms with van der Waals surface area (Å²) in [6.07, 6.45) is 2.21. The fraction of sp³-hybridized carbons (Fsp3) is 0.609. The minimum atomic E-state index is -1.60. The van der Waals surface area contributed by atoms with E-state index < -0.39 is 41.0 Å². The van der Waals surface area contributed by atoms with Crippen LogP contribution in [0.15, 0.2) is 23.8 Å². The van der Waals surface area contributed by atoms with Crippen molar-refractivity contribution in [2.45, 2.75) is 64.3 Å². The largest absolute Gasteiger partial charge is 0.508 e. The van der Waals surface area contributed by atoms with Gasteiger partial charge in [0.2, 0.25) is 0 Å². The lowest BCUT2D eigenvalue weighted by atomic mass is 9.43. The monoisotopic (exact) mass is 418 g/mol. The molecule has 3 aliphatic carbocycles. The predicted octanol–water partition coefficient (Wildman–Crippen LogP) is 2.17. The highest BCUT2D eigenvalue weighted by atomic mass is 16.6. The minimum absolute atomic E-state index is 0.0751. The maximum Gasteiger partial charge on any atom is 0.342 e. The third-order valence-corrected chi connectivity index (χ3v) is 7.67. The molecular weight excluding hydrogens is 388 g/mol. The van der Waals surface area contributed by atoms with Crippen LogP contribution in [0.2, 0.25) is 0 Å². The van der Waals surface area contributed by atoms with Crippen molar-refractivity contribution < 1.29 is 35.1 Å². The van der Waals surface area contributed by atoms with Crippen molar-refractivity contribution in [2.75, 3.05) is 6.61 Å². The Morgan fingerprint density at radius 1 is 1.17 bits per heavy atom. The lowest BCUT2D eigenvalue weighted by Gasteiger charge is -2.66. The summed E-state index contributed by atoms with van der Waals surface area (Å²) in [7, 11) is 0. The maximum absolute atomic E-state index is 12.8. The van der Waals surface area contributed by atoms with E-state index in [0.29, 0.717) is 24.8 Å². The Hall–Kier alpha value is -2.09. The molecule has 2 fully saturated rings. The van der Waals surface area contributed by atoms with Gasteiger partial charge in [0, 0.05) is 17.4 Å². The van der Waals surface area contributed by atoms with Crippen LogP contribution in [0.5, 0.6) is 11.5 Å². The topological polar surface area (TPSA) is 127 Å². The maximum atomic E-state index is 12.8. The zero-order chi connectivity index (χ0) is 22.3. The molecule has 0 saturated heterocycles. The number of benzene rings is 1. The number of aryl methyl sites for hydroxylation is 1. The van der Waals surface area contributed by atoms with E-state index >= 15 is 0 Å². The third-order valence-electron chi connectivity index (χ3n) is 7.67. The second kappa shape index (κ2) is 6.22. The number of esters is 1. The van der Waals surface area contributed by atoms with Gasteiger partial charge in [-0.05, 0) is 54.9 Å². The molecule has 5 N–H and O–H groups in total. The Kier molecular flexibility index (Phi) is 4.38. The molecule has 2 saturated carbocycles. The highest BCUT2D eigenvalue weighted by Crippen LogP contribution is 2.69. The molecule has 7 nitrogen and oxygen atoms in total. The number of fused-ring (bicyclic) bond motifs is 3. The molecular formula is C23H30O7. The average Bonchev–Trinajstić information content (AvgIpc) is 2.86. The van der Waals surface area contributed by atoms with Crippen LogP contribution in [-0.4, -0.2) is 55.4 Å². The number of carbonyl (C=O) groups excluding carboxylic acids is 1. The molecule has 7 heteroatoms. The van der Waals surface area contributed by atoms with E-state index in [4.69, 9.17) is 4.74 Å². The molecule has 0 bridgehead atoms. The van der Waals surface area contributed by atoms with Gasteiger partial charge in [-0.25, -0.2) is 4.79 Å². The third kappa shape index (κ3) is 2.65. The van der Waals surface area contributed by atoms with Crippen molar-refractivity contribution in [1.82, 2.24) is 0 Å². The minimum Gasteiger partial charge on any atom is -0.508 e. The van der Waals surface area contributed by atoms with Crippen LogP contribution in [0, 0.1) is 23.7 Å². The molecule has 0 aliphatic heterocycles. The first-order chi connectivity index (χ1) is 13.8. The van der Waals surface area contributed by atoms with Crippen LogP contribution in [0.4, 0.5) is 0 Å². The first-order valence-corrected chi connectivity index (χ1v) is 10.3. The predicted molar refractivity (Wildman–Crippen MR) is 108 cm³/mol. The van der Waals surface area contributed by atoms with Gasteiger partial charge in [-0.2, -0.15) is 0 Å². The van der Waals surface area contributed by atoms with E-state index in [-0.39, 0.29) is 28.2 Å². The fourth-order valence-electron chi connectivity index (χ4n) is 6.43. The number of aromatic hydroxyl groups is 2. The molecule has 0 aromatic heterocycles. The molecule has 3 aliphatic rings. The van der Waals surface area contributed by atoms with Crippen molar-refractivity contribution >= 4 is 5.97 Å². The number of aliphatic hydroxyl groups is 3. The van der Waals surface area contributed by atoms with E-state index in [1.54, 1.807) is 13.0 Å².